The molecule has 2 rings (SSSR count). The maximum absolute atomic E-state index is 13.1. The molecule has 8 heteroatoms. The van der Waals surface area contributed by atoms with E-state index in [2.05, 4.69) is 10.4 Å². The normalized spacial score (nSPS) is 10.2. The van der Waals surface area contributed by atoms with Gasteiger partial charge < -0.3 is 5.32 Å². The zero-order chi connectivity index (χ0) is 14.0. The molecular weight excluding hydrogens is 255 g/mol. The van der Waals surface area contributed by atoms with Crippen LogP contribution in [0.3, 0.4) is 0 Å². The van der Waals surface area contributed by atoms with E-state index in [1.807, 2.05) is 0 Å². The lowest BCUT2D eigenvalue weighted by molar-refractivity contribution is -0.385. The third kappa shape index (κ3) is 2.73. The molecule has 1 heterocycles. The average molecular weight is 264 g/mol. The van der Waals surface area contributed by atoms with Crippen LogP contribution in [-0.4, -0.2) is 20.6 Å². The number of anilines is 1. The molecule has 0 unspecified atom stereocenters. The molecule has 19 heavy (non-hydrogen) atoms. The number of nitro groups is 1. The van der Waals surface area contributed by atoms with Crippen LogP contribution in [0.1, 0.15) is 10.4 Å². The van der Waals surface area contributed by atoms with E-state index >= 15 is 0 Å². The van der Waals surface area contributed by atoms with Gasteiger partial charge in [-0.25, -0.2) is 4.39 Å². The molecular formula is C11H9FN4O3. The second-order valence-corrected chi connectivity index (χ2v) is 3.75. The number of amides is 1. The van der Waals surface area contributed by atoms with Gasteiger partial charge in [-0.3, -0.25) is 19.6 Å². The minimum Gasteiger partial charge on any atom is -0.305 e. The second-order valence-electron chi connectivity index (χ2n) is 3.75. The van der Waals surface area contributed by atoms with Crippen LogP contribution in [0.15, 0.2) is 30.5 Å². The number of aryl methyl sites for hydroxylation is 1. The van der Waals surface area contributed by atoms with Gasteiger partial charge in [-0.1, -0.05) is 0 Å². The molecule has 0 aliphatic rings. The molecule has 0 aliphatic heterocycles. The predicted octanol–water partition coefficient (Wildman–Crippen LogP) is 1.72. The van der Waals surface area contributed by atoms with Crippen molar-refractivity contribution in [1.82, 2.24) is 9.78 Å². The highest BCUT2D eigenvalue weighted by molar-refractivity contribution is 6.06. The monoisotopic (exact) mass is 264 g/mol. The molecule has 2 aromatic rings. The number of hydrogen-bond acceptors (Lipinski definition) is 4. The van der Waals surface area contributed by atoms with Crippen LogP contribution >= 0.6 is 0 Å². The molecule has 0 saturated heterocycles. The Hall–Kier alpha value is -2.77. The molecule has 7 nitrogen and oxygen atoms in total. The second kappa shape index (κ2) is 4.84. The van der Waals surface area contributed by atoms with Gasteiger partial charge in [0.05, 0.1) is 4.92 Å². The zero-order valence-electron chi connectivity index (χ0n) is 9.83. The van der Waals surface area contributed by atoms with Gasteiger partial charge in [-0.2, -0.15) is 5.10 Å². The number of hydrogen-bond donors (Lipinski definition) is 1. The first-order valence-corrected chi connectivity index (χ1v) is 5.22. The molecule has 98 valence electrons. The summed E-state index contributed by atoms with van der Waals surface area (Å²) in [4.78, 5) is 21.9. The minimum atomic E-state index is -0.787. The number of carbonyl (C=O) groups excluding carboxylic acids is 1. The molecule has 0 fully saturated rings. The highest BCUT2D eigenvalue weighted by Crippen LogP contribution is 2.20. The van der Waals surface area contributed by atoms with E-state index in [4.69, 9.17) is 0 Å². The van der Waals surface area contributed by atoms with Gasteiger partial charge >= 0.3 is 0 Å². The Morgan fingerprint density at radius 2 is 2.21 bits per heavy atom. The Bertz CT molecular complexity index is 653. The highest BCUT2D eigenvalue weighted by Gasteiger charge is 2.21. The number of halogens is 1. The largest absolute Gasteiger partial charge is 0.305 e. The number of aromatic nitrogens is 2. The van der Waals surface area contributed by atoms with Crippen LogP contribution in [-0.2, 0) is 7.05 Å². The van der Waals surface area contributed by atoms with Gasteiger partial charge in [0.2, 0.25) is 0 Å². The highest BCUT2D eigenvalue weighted by atomic mass is 19.1. The summed E-state index contributed by atoms with van der Waals surface area (Å²) in [6, 6.07) is 4.21. The Labute approximate surface area is 106 Å². The summed E-state index contributed by atoms with van der Waals surface area (Å²) in [5, 5.41) is 17.0. The first kappa shape index (κ1) is 12.7. The summed E-state index contributed by atoms with van der Waals surface area (Å²) in [5.41, 5.74) is -0.814. The summed E-state index contributed by atoms with van der Waals surface area (Å²) in [7, 11) is 1.65. The lowest BCUT2D eigenvalue weighted by Gasteiger charge is -2.03. The number of nitrogens with zero attached hydrogens (tertiary/aromatic N) is 3. The smallest absolute Gasteiger partial charge is 0.282 e. The van der Waals surface area contributed by atoms with Crippen molar-refractivity contribution < 1.29 is 14.1 Å². The maximum atomic E-state index is 13.1. The standard InChI is InChI=1S/C11H9FN4O3/c1-15-5-4-10(14-15)13-11(17)8-6-7(12)2-3-9(8)16(18)19/h2-6H,1H3,(H,13,14,17). The van der Waals surface area contributed by atoms with Crippen LogP contribution in [0.4, 0.5) is 15.9 Å². The van der Waals surface area contributed by atoms with Crippen molar-refractivity contribution in [3.8, 4) is 0 Å². The topological polar surface area (TPSA) is 90.1 Å². The first-order valence-electron chi connectivity index (χ1n) is 5.22. The molecule has 0 atom stereocenters. The lowest BCUT2D eigenvalue weighted by atomic mass is 10.1. The lowest BCUT2D eigenvalue weighted by Crippen LogP contribution is -2.14. The fraction of sp³-hybridized carbons (Fsp3) is 0.0909. The SMILES string of the molecule is Cn1ccc(NC(=O)c2cc(F)ccc2[N+](=O)[O-])n1. The van der Waals surface area contributed by atoms with E-state index in [-0.39, 0.29) is 11.4 Å². The van der Waals surface area contributed by atoms with Crippen molar-refractivity contribution in [1.29, 1.82) is 0 Å². The quantitative estimate of drug-likeness (QED) is 0.675. The summed E-state index contributed by atoms with van der Waals surface area (Å²) in [5.74, 6) is -1.28. The van der Waals surface area contributed by atoms with E-state index in [1.165, 1.54) is 10.7 Å². The Morgan fingerprint density at radius 1 is 1.47 bits per heavy atom. The molecule has 1 aromatic heterocycles. The summed E-state index contributed by atoms with van der Waals surface area (Å²) in [6.07, 6.45) is 1.59. The fourth-order valence-electron chi connectivity index (χ4n) is 1.51. The molecule has 1 amide bonds. The Balaban J connectivity index is 2.32. The minimum absolute atomic E-state index is 0.228. The van der Waals surface area contributed by atoms with E-state index in [9.17, 15) is 19.3 Å². The van der Waals surface area contributed by atoms with Crippen molar-refractivity contribution in [3.05, 3.63) is 52.0 Å². The van der Waals surface area contributed by atoms with Crippen molar-refractivity contribution in [2.24, 2.45) is 7.05 Å². The summed E-state index contributed by atoms with van der Waals surface area (Å²) in [6.45, 7) is 0. The van der Waals surface area contributed by atoms with Gasteiger partial charge in [0.25, 0.3) is 11.6 Å². The van der Waals surface area contributed by atoms with Crippen LogP contribution in [0.5, 0.6) is 0 Å². The third-order valence-corrected chi connectivity index (χ3v) is 2.36. The van der Waals surface area contributed by atoms with Crippen LogP contribution in [0.2, 0.25) is 0 Å². The van der Waals surface area contributed by atoms with E-state index in [1.54, 1.807) is 13.2 Å². The molecule has 0 radical (unpaired) electrons. The summed E-state index contributed by atoms with van der Waals surface area (Å²) < 4.78 is 14.5. The van der Waals surface area contributed by atoms with Crippen LogP contribution in [0, 0.1) is 15.9 Å². The number of carbonyl (C=O) groups is 1. The molecule has 1 aromatic carbocycles. The average Bonchev–Trinajstić information content (AvgIpc) is 2.74. The maximum Gasteiger partial charge on any atom is 0.282 e. The number of benzene rings is 1. The number of nitro benzene ring substituents is 1. The van der Waals surface area contributed by atoms with Gasteiger partial charge in [-0.05, 0) is 12.1 Å². The molecule has 0 bridgehead atoms. The van der Waals surface area contributed by atoms with E-state index < -0.39 is 22.3 Å². The zero-order valence-corrected chi connectivity index (χ0v) is 9.83. The molecule has 0 spiro atoms. The van der Waals surface area contributed by atoms with Crippen LogP contribution in [0.25, 0.3) is 0 Å². The van der Waals surface area contributed by atoms with Gasteiger partial charge in [0.1, 0.15) is 11.4 Å². The Morgan fingerprint density at radius 3 is 2.79 bits per heavy atom. The van der Waals surface area contributed by atoms with Gasteiger partial charge in [0.15, 0.2) is 5.82 Å². The van der Waals surface area contributed by atoms with Crippen molar-refractivity contribution in [2.75, 3.05) is 5.32 Å². The van der Waals surface area contributed by atoms with Crippen LogP contribution < -0.4 is 5.32 Å². The van der Waals surface area contributed by atoms with E-state index in [0.29, 0.717) is 0 Å². The van der Waals surface area contributed by atoms with Crippen molar-refractivity contribution >= 4 is 17.4 Å². The predicted molar refractivity (Wildman–Crippen MR) is 64.2 cm³/mol. The summed E-state index contributed by atoms with van der Waals surface area (Å²) >= 11 is 0. The van der Waals surface area contributed by atoms with Crippen molar-refractivity contribution in [2.45, 2.75) is 0 Å². The van der Waals surface area contributed by atoms with E-state index in [0.717, 1.165) is 18.2 Å². The third-order valence-electron chi connectivity index (χ3n) is 2.36. The molecule has 0 aliphatic carbocycles. The van der Waals surface area contributed by atoms with Crippen molar-refractivity contribution in [3.63, 3.8) is 0 Å². The van der Waals surface area contributed by atoms with Gasteiger partial charge in [0, 0.05) is 25.4 Å². The molecule has 1 N–H and O–H groups in total. The Kier molecular flexibility index (Phi) is 3.23. The van der Waals surface area contributed by atoms with Gasteiger partial charge in [-0.15, -0.1) is 0 Å². The fourth-order valence-corrected chi connectivity index (χ4v) is 1.51. The number of rotatable bonds is 3. The molecule has 0 saturated carbocycles. The number of nitrogens with one attached hydrogen (secondary N) is 1. The first-order chi connectivity index (χ1) is 8.97.